The minimum atomic E-state index is 0.130. The van der Waals surface area contributed by atoms with Gasteiger partial charge in [-0.25, -0.2) is 0 Å². The van der Waals surface area contributed by atoms with Gasteiger partial charge in [-0.3, -0.25) is 4.79 Å². The molecule has 18 heavy (non-hydrogen) atoms. The summed E-state index contributed by atoms with van der Waals surface area (Å²) in [5.41, 5.74) is 0. The van der Waals surface area contributed by atoms with Gasteiger partial charge < -0.3 is 10.6 Å². The number of carbonyl (C=O) groups is 1. The summed E-state index contributed by atoms with van der Waals surface area (Å²) in [6.07, 6.45) is 3.25. The van der Waals surface area contributed by atoms with Crippen molar-refractivity contribution in [3.05, 3.63) is 30.5 Å². The molecule has 0 spiro atoms. The third-order valence-corrected chi connectivity index (χ3v) is 3.17. The van der Waals surface area contributed by atoms with Crippen LogP contribution in [0.1, 0.15) is 12.8 Å². The average Bonchev–Trinajstić information content (AvgIpc) is 2.82. The van der Waals surface area contributed by atoms with Crippen molar-refractivity contribution in [2.24, 2.45) is 0 Å². The van der Waals surface area contributed by atoms with E-state index in [0.717, 1.165) is 23.0 Å². The topological polar surface area (TPSA) is 66.9 Å². The smallest absolute Gasteiger partial charge is 0.220 e. The fourth-order valence-corrected chi connectivity index (χ4v) is 2.21. The molecule has 1 amide bonds. The normalized spacial score (nSPS) is 18.9. The lowest BCUT2D eigenvalue weighted by atomic mass is 10.2. The van der Waals surface area contributed by atoms with Crippen LogP contribution in [0.2, 0.25) is 0 Å². The maximum atomic E-state index is 11.1. The Bertz CT molecular complexity index is 579. The Labute approximate surface area is 105 Å². The van der Waals surface area contributed by atoms with E-state index < -0.39 is 0 Å². The van der Waals surface area contributed by atoms with E-state index >= 15 is 0 Å². The van der Waals surface area contributed by atoms with Gasteiger partial charge in [0.05, 0.1) is 6.20 Å². The summed E-state index contributed by atoms with van der Waals surface area (Å²) in [6, 6.07) is 8.17. The summed E-state index contributed by atoms with van der Waals surface area (Å²) in [4.78, 5) is 11.1. The molecule has 1 unspecified atom stereocenters. The zero-order valence-electron chi connectivity index (χ0n) is 9.89. The van der Waals surface area contributed by atoms with Crippen LogP contribution in [0.3, 0.4) is 0 Å². The Kier molecular flexibility index (Phi) is 2.80. The number of carbonyl (C=O) groups excluding carboxylic acids is 1. The SMILES string of the molecule is O=C1CCC(CNc2nncc3ccccc23)N1. The average molecular weight is 242 g/mol. The van der Waals surface area contributed by atoms with Gasteiger partial charge in [-0.1, -0.05) is 24.3 Å². The van der Waals surface area contributed by atoms with Gasteiger partial charge in [0.2, 0.25) is 5.91 Å². The minimum absolute atomic E-state index is 0.130. The van der Waals surface area contributed by atoms with Crippen LogP contribution in [-0.4, -0.2) is 28.7 Å². The molecule has 0 saturated carbocycles. The predicted molar refractivity (Wildman–Crippen MR) is 69.2 cm³/mol. The number of nitrogens with zero attached hydrogens (tertiary/aromatic N) is 2. The van der Waals surface area contributed by atoms with Gasteiger partial charge in [0.25, 0.3) is 0 Å². The second kappa shape index (κ2) is 4.60. The van der Waals surface area contributed by atoms with Crippen molar-refractivity contribution in [1.82, 2.24) is 15.5 Å². The zero-order chi connectivity index (χ0) is 12.4. The number of aromatic nitrogens is 2. The molecular weight excluding hydrogens is 228 g/mol. The summed E-state index contributed by atoms with van der Waals surface area (Å²) in [5.74, 6) is 0.903. The first-order chi connectivity index (χ1) is 8.83. The summed E-state index contributed by atoms with van der Waals surface area (Å²) >= 11 is 0. The van der Waals surface area contributed by atoms with E-state index in [4.69, 9.17) is 0 Å². The molecule has 3 rings (SSSR count). The van der Waals surface area contributed by atoms with E-state index in [1.807, 2.05) is 24.3 Å². The van der Waals surface area contributed by atoms with Crippen molar-refractivity contribution < 1.29 is 4.79 Å². The van der Waals surface area contributed by atoms with Gasteiger partial charge in [0.1, 0.15) is 0 Å². The van der Waals surface area contributed by atoms with E-state index in [-0.39, 0.29) is 11.9 Å². The monoisotopic (exact) mass is 242 g/mol. The van der Waals surface area contributed by atoms with E-state index in [1.165, 1.54) is 0 Å². The number of hydrogen-bond donors (Lipinski definition) is 2. The van der Waals surface area contributed by atoms with Crippen LogP contribution in [0.15, 0.2) is 30.5 Å². The van der Waals surface area contributed by atoms with Crippen molar-refractivity contribution in [2.45, 2.75) is 18.9 Å². The Hall–Kier alpha value is -2.17. The van der Waals surface area contributed by atoms with Crippen molar-refractivity contribution >= 4 is 22.5 Å². The Balaban J connectivity index is 1.76. The fourth-order valence-electron chi connectivity index (χ4n) is 2.21. The fraction of sp³-hybridized carbons (Fsp3) is 0.308. The third kappa shape index (κ3) is 2.11. The molecule has 1 aromatic heterocycles. The Morgan fingerprint density at radius 1 is 1.39 bits per heavy atom. The lowest BCUT2D eigenvalue weighted by molar-refractivity contribution is -0.119. The van der Waals surface area contributed by atoms with Crippen LogP contribution in [0.4, 0.5) is 5.82 Å². The largest absolute Gasteiger partial charge is 0.366 e. The first kappa shape index (κ1) is 11.0. The molecular formula is C13H14N4O. The second-order valence-electron chi connectivity index (χ2n) is 4.46. The molecule has 1 fully saturated rings. The highest BCUT2D eigenvalue weighted by molar-refractivity contribution is 5.90. The first-order valence-corrected chi connectivity index (χ1v) is 6.06. The number of rotatable bonds is 3. The van der Waals surface area contributed by atoms with E-state index in [2.05, 4.69) is 20.8 Å². The molecule has 1 saturated heterocycles. The van der Waals surface area contributed by atoms with Crippen molar-refractivity contribution in [3.8, 4) is 0 Å². The van der Waals surface area contributed by atoms with Crippen LogP contribution >= 0.6 is 0 Å². The number of nitrogens with one attached hydrogen (secondary N) is 2. The highest BCUT2D eigenvalue weighted by atomic mass is 16.1. The van der Waals surface area contributed by atoms with Crippen LogP contribution < -0.4 is 10.6 Å². The molecule has 1 aliphatic heterocycles. The Morgan fingerprint density at radius 3 is 3.11 bits per heavy atom. The number of fused-ring (bicyclic) bond motifs is 1. The van der Waals surface area contributed by atoms with Gasteiger partial charge in [0, 0.05) is 29.8 Å². The molecule has 0 radical (unpaired) electrons. The van der Waals surface area contributed by atoms with Crippen LogP contribution in [0.5, 0.6) is 0 Å². The zero-order valence-corrected chi connectivity index (χ0v) is 9.89. The lowest BCUT2D eigenvalue weighted by Gasteiger charge is -2.12. The van der Waals surface area contributed by atoms with Crippen molar-refractivity contribution in [1.29, 1.82) is 0 Å². The summed E-state index contributed by atoms with van der Waals surface area (Å²) < 4.78 is 0. The lowest BCUT2D eigenvalue weighted by Crippen LogP contribution is -2.32. The molecule has 0 bridgehead atoms. The molecule has 5 nitrogen and oxygen atoms in total. The predicted octanol–water partition coefficient (Wildman–Crippen LogP) is 1.32. The van der Waals surface area contributed by atoms with Crippen molar-refractivity contribution in [2.75, 3.05) is 11.9 Å². The highest BCUT2D eigenvalue weighted by Gasteiger charge is 2.20. The van der Waals surface area contributed by atoms with Gasteiger partial charge in [0.15, 0.2) is 5.82 Å². The first-order valence-electron chi connectivity index (χ1n) is 6.06. The third-order valence-electron chi connectivity index (χ3n) is 3.17. The molecule has 1 atom stereocenters. The van der Waals surface area contributed by atoms with Gasteiger partial charge in [-0.15, -0.1) is 5.10 Å². The summed E-state index contributed by atoms with van der Waals surface area (Å²) in [7, 11) is 0. The number of amides is 1. The minimum Gasteiger partial charge on any atom is -0.366 e. The molecule has 2 heterocycles. The molecule has 2 N–H and O–H groups in total. The standard InChI is InChI=1S/C13H14N4O/c18-12-6-5-10(16-12)8-14-13-11-4-2-1-3-9(11)7-15-17-13/h1-4,7,10H,5-6,8H2,(H,14,17)(H,16,18). The molecule has 0 aliphatic carbocycles. The van der Waals surface area contributed by atoms with Crippen LogP contribution in [-0.2, 0) is 4.79 Å². The van der Waals surface area contributed by atoms with Gasteiger partial charge in [-0.05, 0) is 6.42 Å². The van der Waals surface area contributed by atoms with Gasteiger partial charge in [-0.2, -0.15) is 5.10 Å². The maximum Gasteiger partial charge on any atom is 0.220 e. The highest BCUT2D eigenvalue weighted by Crippen LogP contribution is 2.19. The molecule has 1 aliphatic rings. The van der Waals surface area contributed by atoms with Crippen molar-refractivity contribution in [3.63, 3.8) is 0 Å². The molecule has 1 aromatic carbocycles. The van der Waals surface area contributed by atoms with Crippen LogP contribution in [0, 0.1) is 0 Å². The summed E-state index contributed by atoms with van der Waals surface area (Å²) in [6.45, 7) is 0.689. The van der Waals surface area contributed by atoms with Gasteiger partial charge >= 0.3 is 0 Å². The Morgan fingerprint density at radius 2 is 2.28 bits per heavy atom. The quantitative estimate of drug-likeness (QED) is 0.852. The number of benzene rings is 1. The molecule has 2 aromatic rings. The van der Waals surface area contributed by atoms with Crippen LogP contribution in [0.25, 0.3) is 10.8 Å². The number of hydrogen-bond acceptors (Lipinski definition) is 4. The second-order valence-corrected chi connectivity index (χ2v) is 4.46. The summed E-state index contributed by atoms with van der Waals surface area (Å²) in [5, 5.41) is 16.4. The molecule has 5 heteroatoms. The molecule has 92 valence electrons. The van der Waals surface area contributed by atoms with E-state index in [1.54, 1.807) is 6.20 Å². The van der Waals surface area contributed by atoms with E-state index in [0.29, 0.717) is 13.0 Å². The van der Waals surface area contributed by atoms with E-state index in [9.17, 15) is 4.79 Å². The number of anilines is 1. The maximum absolute atomic E-state index is 11.1.